The van der Waals surface area contributed by atoms with E-state index in [1.165, 1.54) is 18.4 Å². The maximum absolute atomic E-state index is 12.7. The molecule has 2 aromatic heterocycles. The van der Waals surface area contributed by atoms with E-state index in [4.69, 9.17) is 14.2 Å². The number of thiophene rings is 1. The smallest absolute Gasteiger partial charge is 0.348 e. The van der Waals surface area contributed by atoms with E-state index in [0.29, 0.717) is 10.4 Å². The maximum atomic E-state index is 12.7. The fraction of sp³-hybridized carbons (Fsp3) is 0.360. The van der Waals surface area contributed by atoms with Gasteiger partial charge in [0.1, 0.15) is 16.4 Å². The third-order valence-corrected chi connectivity index (χ3v) is 8.82. The normalized spacial score (nSPS) is 11.4. The lowest BCUT2D eigenvalue weighted by atomic mass is 10.1. The number of nitrogens with one attached hydrogen (secondary N) is 1. The number of hydrogen-bond acceptors (Lipinski definition) is 11. The minimum Gasteiger partial charge on any atom is -0.468 e. The van der Waals surface area contributed by atoms with Gasteiger partial charge in [-0.25, -0.2) is 9.59 Å². The lowest BCUT2D eigenvalue weighted by Gasteiger charge is -2.07. The highest BCUT2D eigenvalue weighted by Gasteiger charge is 2.27. The number of anilines is 1. The molecule has 1 aromatic carbocycles. The molecule has 2 heterocycles. The number of carbonyl (C=O) groups is 5. The Balaban J connectivity index is 1.72. The predicted octanol–water partition coefficient (Wildman–Crippen LogP) is 4.16. The molecular formula is C25H26BrN3O8S3. The Morgan fingerprint density at radius 3 is 2.42 bits per heavy atom. The first-order valence-corrected chi connectivity index (χ1v) is 15.5. The van der Waals surface area contributed by atoms with Crippen molar-refractivity contribution in [3.63, 3.8) is 0 Å². The highest BCUT2D eigenvalue weighted by molar-refractivity contribution is 9.10. The van der Waals surface area contributed by atoms with Crippen molar-refractivity contribution in [3.05, 3.63) is 43.5 Å². The molecule has 0 saturated heterocycles. The van der Waals surface area contributed by atoms with Gasteiger partial charge in [-0.1, -0.05) is 27.3 Å². The first-order valence-electron chi connectivity index (χ1n) is 11.9. The van der Waals surface area contributed by atoms with Gasteiger partial charge in [-0.15, -0.1) is 23.1 Å². The number of methoxy groups -OCH3 is 1. The number of esters is 3. The molecule has 11 nitrogen and oxygen atoms in total. The number of thioether (sulfide) groups is 1. The quantitative estimate of drug-likeness (QED) is 0.235. The Labute approximate surface area is 250 Å². The van der Waals surface area contributed by atoms with E-state index in [-0.39, 0.29) is 46.7 Å². The third-order valence-electron chi connectivity index (χ3n) is 5.18. The second-order valence-corrected chi connectivity index (χ2v) is 11.8. The summed E-state index contributed by atoms with van der Waals surface area (Å²) in [4.78, 5) is 66.8. The van der Waals surface area contributed by atoms with Crippen molar-refractivity contribution in [1.82, 2.24) is 4.57 Å². The summed E-state index contributed by atoms with van der Waals surface area (Å²) >= 11 is 6.61. The van der Waals surface area contributed by atoms with Crippen LogP contribution in [0.4, 0.5) is 5.00 Å². The van der Waals surface area contributed by atoms with Gasteiger partial charge in [0.2, 0.25) is 5.91 Å². The molecule has 0 aliphatic rings. The molecule has 0 atom stereocenters. The van der Waals surface area contributed by atoms with Crippen molar-refractivity contribution in [1.29, 1.82) is 0 Å². The summed E-state index contributed by atoms with van der Waals surface area (Å²) in [6.07, 6.45) is 0. The number of halogens is 1. The number of amides is 2. The van der Waals surface area contributed by atoms with Crippen LogP contribution in [0.1, 0.15) is 39.4 Å². The van der Waals surface area contributed by atoms with Crippen LogP contribution in [0.25, 0.3) is 10.2 Å². The molecule has 0 spiro atoms. The Bertz CT molecular complexity index is 1530. The molecule has 214 valence electrons. The molecule has 15 heteroatoms. The van der Waals surface area contributed by atoms with Crippen LogP contribution < -0.4 is 10.1 Å². The fourth-order valence-electron chi connectivity index (χ4n) is 3.45. The zero-order chi connectivity index (χ0) is 29.4. The third kappa shape index (κ3) is 7.80. The van der Waals surface area contributed by atoms with Gasteiger partial charge in [0.15, 0.2) is 4.80 Å². The van der Waals surface area contributed by atoms with Gasteiger partial charge in [-0.2, -0.15) is 4.99 Å². The Hall–Kier alpha value is -3.01. The molecule has 40 heavy (non-hydrogen) atoms. The van der Waals surface area contributed by atoms with Crippen molar-refractivity contribution in [2.75, 3.05) is 37.1 Å². The topological polar surface area (TPSA) is 142 Å². The van der Waals surface area contributed by atoms with E-state index in [2.05, 4.69) is 26.2 Å². The number of ether oxygens (including phenoxy) is 3. The average Bonchev–Trinajstić information content (AvgIpc) is 3.39. The van der Waals surface area contributed by atoms with Crippen molar-refractivity contribution < 1.29 is 38.2 Å². The van der Waals surface area contributed by atoms with E-state index < -0.39 is 29.7 Å². The summed E-state index contributed by atoms with van der Waals surface area (Å²) in [5.41, 5.74) is 1.17. The zero-order valence-corrected chi connectivity index (χ0v) is 26.1. The van der Waals surface area contributed by atoms with Crippen LogP contribution in [0.2, 0.25) is 0 Å². The van der Waals surface area contributed by atoms with Gasteiger partial charge >= 0.3 is 17.9 Å². The molecule has 3 rings (SSSR count). The maximum Gasteiger partial charge on any atom is 0.348 e. The molecular weight excluding hydrogens is 646 g/mol. The van der Waals surface area contributed by atoms with Gasteiger partial charge in [0, 0.05) is 4.47 Å². The number of rotatable bonds is 11. The Kier molecular flexibility index (Phi) is 11.5. The van der Waals surface area contributed by atoms with E-state index in [0.717, 1.165) is 37.8 Å². The van der Waals surface area contributed by atoms with Gasteiger partial charge in [0.25, 0.3) is 5.91 Å². The first-order chi connectivity index (χ1) is 19.1. The van der Waals surface area contributed by atoms with Crippen LogP contribution in [0, 0.1) is 6.92 Å². The molecule has 3 aromatic rings. The molecule has 0 fully saturated rings. The van der Waals surface area contributed by atoms with Crippen molar-refractivity contribution in [3.8, 4) is 0 Å². The molecule has 0 saturated carbocycles. The van der Waals surface area contributed by atoms with E-state index in [1.807, 2.05) is 18.2 Å². The lowest BCUT2D eigenvalue weighted by Crippen LogP contribution is -2.23. The minimum absolute atomic E-state index is 0.0888. The zero-order valence-electron chi connectivity index (χ0n) is 22.0. The molecule has 0 aliphatic carbocycles. The highest BCUT2D eigenvalue weighted by atomic mass is 79.9. The van der Waals surface area contributed by atoms with Crippen LogP contribution in [0.15, 0.2) is 27.7 Å². The monoisotopic (exact) mass is 671 g/mol. The second-order valence-electron chi connectivity index (χ2n) is 7.91. The molecule has 2 amide bonds. The van der Waals surface area contributed by atoms with Crippen LogP contribution in [-0.2, 0) is 35.1 Å². The number of benzene rings is 1. The Morgan fingerprint density at radius 1 is 1.05 bits per heavy atom. The fourth-order valence-corrected chi connectivity index (χ4v) is 6.76. The van der Waals surface area contributed by atoms with E-state index >= 15 is 0 Å². The standard InChI is InChI=1S/C25H26BrN3O8S3/c1-5-36-23(33)20-13(3)21(24(34)37-6-2)40-22(20)27-17(30)11-38-12-18(31)28-25-29(10-19(32)35-4)15-8-7-14(26)9-16(15)39-25/h7-9H,5-6,10-12H2,1-4H3,(H,27,30). The number of fused-ring (bicyclic) bond motifs is 1. The number of hydrogen-bond donors (Lipinski definition) is 1. The van der Waals surface area contributed by atoms with Crippen molar-refractivity contribution in [2.45, 2.75) is 27.3 Å². The largest absolute Gasteiger partial charge is 0.468 e. The number of aromatic nitrogens is 1. The molecule has 0 radical (unpaired) electrons. The van der Waals surface area contributed by atoms with E-state index in [1.54, 1.807) is 25.3 Å². The summed E-state index contributed by atoms with van der Waals surface area (Å²) in [5.74, 6) is -2.95. The van der Waals surface area contributed by atoms with Crippen molar-refractivity contribution in [2.24, 2.45) is 4.99 Å². The predicted molar refractivity (Wildman–Crippen MR) is 157 cm³/mol. The summed E-state index contributed by atoms with van der Waals surface area (Å²) in [7, 11) is 1.28. The molecule has 0 aliphatic heterocycles. The molecule has 0 unspecified atom stereocenters. The minimum atomic E-state index is -0.667. The summed E-state index contributed by atoms with van der Waals surface area (Å²) in [6, 6.07) is 5.49. The number of nitrogens with zero attached hydrogens (tertiary/aromatic N) is 2. The second kappa shape index (κ2) is 14.6. The van der Waals surface area contributed by atoms with Gasteiger partial charge in [0.05, 0.1) is 47.6 Å². The van der Waals surface area contributed by atoms with Crippen LogP contribution in [-0.4, -0.2) is 66.1 Å². The van der Waals surface area contributed by atoms with Gasteiger partial charge in [-0.05, 0) is 44.5 Å². The van der Waals surface area contributed by atoms with Crippen LogP contribution in [0.5, 0.6) is 0 Å². The van der Waals surface area contributed by atoms with Crippen LogP contribution in [0.3, 0.4) is 0 Å². The number of carbonyl (C=O) groups excluding carboxylic acids is 5. The summed E-state index contributed by atoms with van der Waals surface area (Å²) in [6.45, 7) is 5.06. The van der Waals surface area contributed by atoms with Gasteiger partial charge < -0.3 is 24.1 Å². The summed E-state index contributed by atoms with van der Waals surface area (Å²) in [5, 5.41) is 2.81. The lowest BCUT2D eigenvalue weighted by molar-refractivity contribution is -0.141. The van der Waals surface area contributed by atoms with Crippen molar-refractivity contribution >= 4 is 95.3 Å². The summed E-state index contributed by atoms with van der Waals surface area (Å²) < 4.78 is 18.2. The van der Waals surface area contributed by atoms with Crippen LogP contribution >= 0.6 is 50.4 Å². The molecule has 0 bridgehead atoms. The number of thiazole rings is 1. The Morgan fingerprint density at radius 2 is 1.75 bits per heavy atom. The van der Waals surface area contributed by atoms with E-state index in [9.17, 15) is 24.0 Å². The molecule has 1 N–H and O–H groups in total. The SMILES string of the molecule is CCOC(=O)c1sc(NC(=O)CSCC(=O)N=c2sc3cc(Br)ccc3n2CC(=O)OC)c(C(=O)OCC)c1C. The average molecular weight is 673 g/mol. The first kappa shape index (κ1) is 31.5. The van der Waals surface area contributed by atoms with Gasteiger partial charge in [-0.3, -0.25) is 14.4 Å². The highest BCUT2D eigenvalue weighted by Crippen LogP contribution is 2.34.